The zero-order valence-corrected chi connectivity index (χ0v) is 18.4. The first-order chi connectivity index (χ1) is 14.7. The first-order valence-corrected chi connectivity index (χ1v) is 11.8. The van der Waals surface area contributed by atoms with Crippen LogP contribution in [0.5, 0.6) is 0 Å². The average molecular weight is 424 g/mol. The Morgan fingerprint density at radius 1 is 1.07 bits per heavy atom. The summed E-state index contributed by atoms with van der Waals surface area (Å²) < 4.78 is 4.70. The Morgan fingerprint density at radius 3 is 2.67 bits per heavy atom. The molecule has 0 bridgehead atoms. The highest BCUT2D eigenvalue weighted by molar-refractivity contribution is 7.12. The fourth-order valence-corrected chi connectivity index (χ4v) is 5.44. The van der Waals surface area contributed by atoms with Gasteiger partial charge in [-0.05, 0) is 60.4 Å². The topological polar surface area (TPSA) is 46.6 Å². The molecule has 1 saturated heterocycles. The molecule has 0 amide bonds. The number of hydrogen-bond donors (Lipinski definition) is 0. The van der Waals surface area contributed by atoms with Gasteiger partial charge in [0.15, 0.2) is 5.78 Å². The number of ether oxygens (including phenoxy) is 1. The van der Waals surface area contributed by atoms with Crippen molar-refractivity contribution >= 4 is 28.7 Å². The van der Waals surface area contributed by atoms with E-state index in [1.165, 1.54) is 23.8 Å². The Morgan fingerprint density at radius 2 is 1.87 bits per heavy atom. The lowest BCUT2D eigenvalue weighted by atomic mass is 9.87. The van der Waals surface area contributed by atoms with Crippen molar-refractivity contribution in [3.8, 4) is 0 Å². The first kappa shape index (κ1) is 21.0. The maximum Gasteiger partial charge on any atom is 0.305 e. The van der Waals surface area contributed by atoms with Crippen LogP contribution < -0.4 is 0 Å². The third-order valence-electron chi connectivity index (χ3n) is 6.22. The van der Waals surface area contributed by atoms with Gasteiger partial charge in [0.2, 0.25) is 0 Å². The summed E-state index contributed by atoms with van der Waals surface area (Å²) in [6.45, 7) is 3.21. The number of benzene rings is 1. The molecule has 2 aliphatic rings. The third kappa shape index (κ3) is 4.57. The average Bonchev–Trinajstić information content (AvgIpc) is 3.21. The Labute approximate surface area is 182 Å². The molecule has 30 heavy (non-hydrogen) atoms. The van der Waals surface area contributed by atoms with E-state index in [-0.39, 0.29) is 11.8 Å². The number of methoxy groups -OCH3 is 1. The summed E-state index contributed by atoms with van der Waals surface area (Å²) >= 11 is 1.58. The second-order valence-electron chi connectivity index (χ2n) is 8.13. The number of ketones is 1. The van der Waals surface area contributed by atoms with Crippen molar-refractivity contribution in [1.29, 1.82) is 0 Å². The fraction of sp³-hybridized carbons (Fsp3) is 0.440. The van der Waals surface area contributed by atoms with E-state index < -0.39 is 0 Å². The highest BCUT2D eigenvalue weighted by Crippen LogP contribution is 2.40. The van der Waals surface area contributed by atoms with Gasteiger partial charge in [-0.15, -0.1) is 11.3 Å². The van der Waals surface area contributed by atoms with Crippen molar-refractivity contribution in [1.82, 2.24) is 4.90 Å². The number of nitrogens with zero attached hydrogens (tertiary/aromatic N) is 1. The second kappa shape index (κ2) is 9.71. The van der Waals surface area contributed by atoms with Crippen molar-refractivity contribution in [3.05, 3.63) is 62.9 Å². The normalized spacial score (nSPS) is 16.8. The Balaban J connectivity index is 1.45. The number of rotatable bonds is 6. The molecule has 4 rings (SSSR count). The van der Waals surface area contributed by atoms with Crippen molar-refractivity contribution in [2.24, 2.45) is 0 Å². The molecular formula is C25H29NO3S. The summed E-state index contributed by atoms with van der Waals surface area (Å²) in [7, 11) is 1.45. The molecule has 2 aromatic rings. The van der Waals surface area contributed by atoms with Gasteiger partial charge in [-0.25, -0.2) is 0 Å². The number of thiophene rings is 1. The zero-order chi connectivity index (χ0) is 20.9. The molecule has 0 saturated carbocycles. The van der Waals surface area contributed by atoms with E-state index in [9.17, 15) is 9.59 Å². The standard InChI is InChI=1S/C25H29NO3S/c1-29-23(28)9-3-2-6-13-26-14-10-18(11-15-26)24-20-8-5-4-7-19(20)17-22(27)25-21(24)12-16-30-25/h4-5,7-8,12,16H,2-3,6,9-11,13-15,17H2,1H3. The van der Waals surface area contributed by atoms with E-state index >= 15 is 0 Å². The van der Waals surface area contributed by atoms with E-state index in [1.54, 1.807) is 11.3 Å². The predicted octanol–water partition coefficient (Wildman–Crippen LogP) is 5.12. The lowest BCUT2D eigenvalue weighted by Gasteiger charge is -2.30. The molecule has 5 heteroatoms. The van der Waals surface area contributed by atoms with Crippen LogP contribution in [0.2, 0.25) is 0 Å². The van der Waals surface area contributed by atoms with Crippen LogP contribution in [0.25, 0.3) is 5.57 Å². The van der Waals surface area contributed by atoms with Gasteiger partial charge in [-0.1, -0.05) is 36.3 Å². The summed E-state index contributed by atoms with van der Waals surface area (Å²) in [6, 6.07) is 10.6. The van der Waals surface area contributed by atoms with Crippen molar-refractivity contribution in [2.75, 3.05) is 26.7 Å². The van der Waals surface area contributed by atoms with Crippen LogP contribution in [0.15, 0.2) is 41.3 Å². The molecule has 0 spiro atoms. The van der Waals surface area contributed by atoms with Crippen LogP contribution in [0.4, 0.5) is 0 Å². The summed E-state index contributed by atoms with van der Waals surface area (Å²) in [6.07, 6.45) is 6.21. The second-order valence-corrected chi connectivity index (χ2v) is 9.04. The monoisotopic (exact) mass is 423 g/mol. The minimum Gasteiger partial charge on any atom is -0.469 e. The zero-order valence-electron chi connectivity index (χ0n) is 17.6. The van der Waals surface area contributed by atoms with Crippen molar-refractivity contribution in [2.45, 2.75) is 44.9 Å². The van der Waals surface area contributed by atoms with Gasteiger partial charge < -0.3 is 9.64 Å². The maximum atomic E-state index is 12.8. The highest BCUT2D eigenvalue weighted by Gasteiger charge is 2.27. The number of likely N-dealkylation sites (tertiary alicyclic amines) is 1. The van der Waals surface area contributed by atoms with E-state index in [1.807, 2.05) is 6.07 Å². The fourth-order valence-electron chi connectivity index (χ4n) is 4.60. The van der Waals surface area contributed by atoms with Crippen LogP contribution in [0, 0.1) is 0 Å². The van der Waals surface area contributed by atoms with Gasteiger partial charge >= 0.3 is 5.97 Å². The molecule has 1 fully saturated rings. The molecule has 0 N–H and O–H groups in total. The molecule has 2 heterocycles. The van der Waals surface area contributed by atoms with Crippen LogP contribution in [-0.2, 0) is 16.0 Å². The molecule has 0 unspecified atom stereocenters. The van der Waals surface area contributed by atoms with Gasteiger partial charge in [0.25, 0.3) is 0 Å². The van der Waals surface area contributed by atoms with Gasteiger partial charge in [0.05, 0.1) is 12.0 Å². The smallest absolute Gasteiger partial charge is 0.305 e. The largest absolute Gasteiger partial charge is 0.469 e. The van der Waals surface area contributed by atoms with Gasteiger partial charge in [-0.3, -0.25) is 9.59 Å². The Kier molecular flexibility index (Phi) is 6.80. The number of unbranched alkanes of at least 4 members (excludes halogenated alkanes) is 2. The van der Waals surface area contributed by atoms with Gasteiger partial charge in [0, 0.05) is 31.5 Å². The predicted molar refractivity (Wildman–Crippen MR) is 121 cm³/mol. The minimum atomic E-state index is -0.112. The molecule has 1 aliphatic carbocycles. The summed E-state index contributed by atoms with van der Waals surface area (Å²) in [4.78, 5) is 27.4. The van der Waals surface area contributed by atoms with Crippen LogP contribution in [0.3, 0.4) is 0 Å². The molecule has 1 aromatic heterocycles. The highest BCUT2D eigenvalue weighted by atomic mass is 32.1. The van der Waals surface area contributed by atoms with E-state index in [0.717, 1.165) is 67.7 Å². The number of fused-ring (bicyclic) bond motifs is 2. The molecule has 158 valence electrons. The minimum absolute atomic E-state index is 0.112. The third-order valence-corrected chi connectivity index (χ3v) is 7.18. The van der Waals surface area contributed by atoms with E-state index in [4.69, 9.17) is 4.74 Å². The van der Waals surface area contributed by atoms with Gasteiger partial charge in [0.1, 0.15) is 0 Å². The number of carbonyl (C=O) groups excluding carboxylic acids is 2. The van der Waals surface area contributed by atoms with Crippen LogP contribution >= 0.6 is 11.3 Å². The van der Waals surface area contributed by atoms with Gasteiger partial charge in [-0.2, -0.15) is 0 Å². The molecule has 0 atom stereocenters. The molecule has 4 nitrogen and oxygen atoms in total. The van der Waals surface area contributed by atoms with Crippen LogP contribution in [0.1, 0.15) is 64.9 Å². The summed E-state index contributed by atoms with van der Waals surface area (Å²) in [5, 5.41) is 2.06. The van der Waals surface area contributed by atoms with E-state index in [0.29, 0.717) is 12.8 Å². The lowest BCUT2D eigenvalue weighted by Crippen LogP contribution is -2.32. The first-order valence-electron chi connectivity index (χ1n) is 10.9. The summed E-state index contributed by atoms with van der Waals surface area (Å²) in [5.41, 5.74) is 6.33. The van der Waals surface area contributed by atoms with Crippen molar-refractivity contribution in [3.63, 3.8) is 0 Å². The van der Waals surface area contributed by atoms with Crippen molar-refractivity contribution < 1.29 is 14.3 Å². The lowest BCUT2D eigenvalue weighted by molar-refractivity contribution is -0.140. The van der Waals surface area contributed by atoms with E-state index in [2.05, 4.69) is 34.5 Å². The maximum absolute atomic E-state index is 12.8. The SMILES string of the molecule is COC(=O)CCCCCN1CCC(=C2c3ccccc3CC(=O)c3sccc32)CC1. The quantitative estimate of drug-likeness (QED) is 0.478. The number of esters is 1. The number of Topliss-reactive ketones (excluding diaryl/α,β-unsaturated/α-hetero) is 1. The number of carbonyl (C=O) groups is 2. The molecule has 1 aliphatic heterocycles. The Bertz CT molecular complexity index is 949. The molecular weight excluding hydrogens is 394 g/mol. The molecule has 1 aromatic carbocycles. The Hall–Kier alpha value is -2.24. The number of hydrogen-bond acceptors (Lipinski definition) is 5. The molecule has 0 radical (unpaired) electrons. The number of piperidine rings is 1. The summed E-state index contributed by atoms with van der Waals surface area (Å²) in [5.74, 6) is 0.131. The van der Waals surface area contributed by atoms with Crippen LogP contribution in [-0.4, -0.2) is 43.4 Å².